The van der Waals surface area contributed by atoms with Gasteiger partial charge in [-0.2, -0.15) is 0 Å². The van der Waals surface area contributed by atoms with Crippen LogP contribution < -0.4 is 0 Å². The molecule has 1 N–H and O–H groups in total. The number of hydrogen-bond acceptors (Lipinski definition) is 2. The summed E-state index contributed by atoms with van der Waals surface area (Å²) in [6, 6.07) is 0. The Hall–Kier alpha value is -0.570. The predicted molar refractivity (Wildman–Crippen MR) is 35.8 cm³/mol. The fourth-order valence-corrected chi connectivity index (χ4v) is 0.904. The molecule has 0 aromatic heterocycles. The van der Waals surface area contributed by atoms with Crippen molar-refractivity contribution in [2.24, 2.45) is 5.92 Å². The van der Waals surface area contributed by atoms with E-state index in [4.69, 9.17) is 9.84 Å². The highest BCUT2D eigenvalue weighted by molar-refractivity contribution is 5.68. The number of carboxylic acids is 1. The minimum atomic E-state index is -0.882. The molecule has 1 aliphatic carbocycles. The third kappa shape index (κ3) is 2.35. The van der Waals surface area contributed by atoms with Crippen LogP contribution in [0.25, 0.3) is 0 Å². The zero-order valence-electron chi connectivity index (χ0n) is 6.04. The summed E-state index contributed by atoms with van der Waals surface area (Å²) in [5, 5.41) is 8.24. The molecule has 0 amide bonds. The monoisotopic (exact) mass is 144 g/mol. The molecule has 0 saturated heterocycles. The molecule has 3 nitrogen and oxygen atoms in total. The van der Waals surface area contributed by atoms with E-state index >= 15 is 0 Å². The molecule has 0 bridgehead atoms. The predicted octanol–water partition coefficient (Wildman–Crippen LogP) is 0.886. The molecular formula is C7H12O3. The van der Waals surface area contributed by atoms with E-state index in [9.17, 15) is 4.79 Å². The molecule has 1 saturated carbocycles. The second-order valence-electron chi connectivity index (χ2n) is 2.75. The topological polar surface area (TPSA) is 46.5 Å². The molecule has 1 fully saturated rings. The van der Waals surface area contributed by atoms with Gasteiger partial charge in [-0.25, -0.2) is 4.79 Å². The lowest BCUT2D eigenvalue weighted by atomic mass is 10.3. The molecule has 1 rings (SSSR count). The van der Waals surface area contributed by atoms with E-state index in [0.29, 0.717) is 5.92 Å². The highest BCUT2D eigenvalue weighted by Gasteiger charge is 2.28. The van der Waals surface area contributed by atoms with Gasteiger partial charge in [-0.1, -0.05) is 0 Å². The molecule has 0 aromatic carbocycles. The minimum absolute atomic E-state index is 0.135. The van der Waals surface area contributed by atoms with Crippen LogP contribution in [-0.2, 0) is 9.53 Å². The number of rotatable bonds is 4. The second kappa shape index (κ2) is 3.01. The number of hydrogen-bond donors (Lipinski definition) is 1. The lowest BCUT2D eigenvalue weighted by Gasteiger charge is -2.08. The largest absolute Gasteiger partial charge is 0.480 e. The Morgan fingerprint density at radius 3 is 2.80 bits per heavy atom. The Balaban J connectivity index is 2.05. The average Bonchev–Trinajstić information content (AvgIpc) is 2.63. The third-order valence-corrected chi connectivity index (χ3v) is 1.76. The van der Waals surface area contributed by atoms with Crippen LogP contribution in [0.4, 0.5) is 0 Å². The van der Waals surface area contributed by atoms with Crippen LogP contribution in [-0.4, -0.2) is 23.8 Å². The zero-order chi connectivity index (χ0) is 7.56. The maximum Gasteiger partial charge on any atom is 0.329 e. The molecule has 10 heavy (non-hydrogen) atoms. The molecule has 0 unspecified atom stereocenters. The molecule has 0 radical (unpaired) electrons. The van der Waals surface area contributed by atoms with Crippen molar-refractivity contribution in [2.45, 2.75) is 25.9 Å². The number of aliphatic carboxylic acids is 1. The van der Waals surface area contributed by atoms with Gasteiger partial charge in [0.15, 0.2) is 0 Å². The van der Waals surface area contributed by atoms with Gasteiger partial charge in [0.05, 0.1) is 6.10 Å². The van der Waals surface area contributed by atoms with Crippen LogP contribution in [0.15, 0.2) is 0 Å². The van der Waals surface area contributed by atoms with Crippen molar-refractivity contribution < 1.29 is 14.6 Å². The third-order valence-electron chi connectivity index (χ3n) is 1.76. The van der Waals surface area contributed by atoms with Crippen LogP contribution in [0.2, 0.25) is 0 Å². The Morgan fingerprint density at radius 2 is 2.40 bits per heavy atom. The first-order valence-electron chi connectivity index (χ1n) is 3.53. The van der Waals surface area contributed by atoms with Gasteiger partial charge < -0.3 is 9.84 Å². The lowest BCUT2D eigenvalue weighted by molar-refractivity contribution is -0.144. The van der Waals surface area contributed by atoms with E-state index < -0.39 is 5.97 Å². The highest BCUT2D eigenvalue weighted by atomic mass is 16.5. The Morgan fingerprint density at radius 1 is 1.80 bits per heavy atom. The average molecular weight is 144 g/mol. The summed E-state index contributed by atoms with van der Waals surface area (Å²) in [4.78, 5) is 10.0. The Kier molecular flexibility index (Phi) is 2.27. The molecule has 0 spiro atoms. The molecule has 1 atom stereocenters. The number of ether oxygens (including phenoxy) is 1. The summed E-state index contributed by atoms with van der Waals surface area (Å²) in [7, 11) is 0. The smallest absolute Gasteiger partial charge is 0.329 e. The first kappa shape index (κ1) is 7.54. The number of carboxylic acid groups (broad SMARTS) is 1. The summed E-state index contributed by atoms with van der Waals surface area (Å²) in [6.07, 6.45) is 2.53. The molecule has 3 heteroatoms. The molecule has 0 aliphatic heterocycles. The molecule has 0 aromatic rings. The van der Waals surface area contributed by atoms with Crippen LogP contribution in [0.5, 0.6) is 0 Å². The van der Waals surface area contributed by atoms with E-state index in [1.807, 2.05) is 6.92 Å². The van der Waals surface area contributed by atoms with Crippen LogP contribution in [0.1, 0.15) is 19.8 Å². The van der Waals surface area contributed by atoms with E-state index in [2.05, 4.69) is 0 Å². The van der Waals surface area contributed by atoms with Crippen molar-refractivity contribution in [3.8, 4) is 0 Å². The first-order chi connectivity index (χ1) is 4.70. The van der Waals surface area contributed by atoms with Gasteiger partial charge >= 0.3 is 5.97 Å². The highest BCUT2D eigenvalue weighted by Crippen LogP contribution is 2.33. The van der Waals surface area contributed by atoms with Crippen LogP contribution in [0, 0.1) is 5.92 Å². The van der Waals surface area contributed by atoms with E-state index in [0.717, 1.165) is 0 Å². The van der Waals surface area contributed by atoms with E-state index in [-0.39, 0.29) is 12.7 Å². The summed E-state index contributed by atoms with van der Waals surface area (Å²) in [6.45, 7) is 1.78. The lowest BCUT2D eigenvalue weighted by Crippen LogP contribution is -2.16. The van der Waals surface area contributed by atoms with Gasteiger partial charge in [0.1, 0.15) is 6.61 Å². The fraction of sp³-hybridized carbons (Fsp3) is 0.857. The Bertz CT molecular complexity index is 129. The van der Waals surface area contributed by atoms with Gasteiger partial charge in [-0.05, 0) is 25.7 Å². The van der Waals surface area contributed by atoms with Crippen molar-refractivity contribution in [2.75, 3.05) is 6.61 Å². The van der Waals surface area contributed by atoms with Gasteiger partial charge in [0.2, 0.25) is 0 Å². The van der Waals surface area contributed by atoms with Gasteiger partial charge in [-0.15, -0.1) is 0 Å². The number of carbonyl (C=O) groups is 1. The minimum Gasteiger partial charge on any atom is -0.480 e. The first-order valence-corrected chi connectivity index (χ1v) is 3.53. The SMILES string of the molecule is C[C@@H](OCC(=O)O)C1CC1. The molecule has 0 heterocycles. The quantitative estimate of drug-likeness (QED) is 0.637. The zero-order valence-corrected chi connectivity index (χ0v) is 6.04. The van der Waals surface area contributed by atoms with E-state index in [1.54, 1.807) is 0 Å². The molecular weight excluding hydrogens is 132 g/mol. The normalized spacial score (nSPS) is 20.5. The second-order valence-corrected chi connectivity index (χ2v) is 2.75. The Labute approximate surface area is 60.0 Å². The fourth-order valence-electron chi connectivity index (χ4n) is 0.904. The van der Waals surface area contributed by atoms with Crippen molar-refractivity contribution >= 4 is 5.97 Å². The summed E-state index contributed by atoms with van der Waals surface area (Å²) in [5.41, 5.74) is 0. The van der Waals surface area contributed by atoms with Gasteiger partial charge in [0.25, 0.3) is 0 Å². The van der Waals surface area contributed by atoms with Crippen LogP contribution in [0.3, 0.4) is 0 Å². The van der Waals surface area contributed by atoms with Gasteiger partial charge in [0, 0.05) is 0 Å². The van der Waals surface area contributed by atoms with Crippen molar-refractivity contribution in [1.82, 2.24) is 0 Å². The van der Waals surface area contributed by atoms with Crippen LogP contribution >= 0.6 is 0 Å². The summed E-state index contributed by atoms with van der Waals surface area (Å²) < 4.78 is 5.03. The maximum atomic E-state index is 10.0. The summed E-state index contributed by atoms with van der Waals surface area (Å²) >= 11 is 0. The van der Waals surface area contributed by atoms with Crippen molar-refractivity contribution in [3.63, 3.8) is 0 Å². The maximum absolute atomic E-state index is 10.0. The summed E-state index contributed by atoms with van der Waals surface area (Å²) in [5.74, 6) is -0.258. The van der Waals surface area contributed by atoms with Crippen molar-refractivity contribution in [3.05, 3.63) is 0 Å². The van der Waals surface area contributed by atoms with Gasteiger partial charge in [-0.3, -0.25) is 0 Å². The standard InChI is InChI=1S/C7H12O3/c1-5(6-2-3-6)10-4-7(8)9/h5-6H,2-4H2,1H3,(H,8,9)/t5-/m1/s1. The van der Waals surface area contributed by atoms with E-state index in [1.165, 1.54) is 12.8 Å². The molecule has 1 aliphatic rings. The van der Waals surface area contributed by atoms with Crippen molar-refractivity contribution in [1.29, 1.82) is 0 Å². The molecule has 58 valence electrons.